The van der Waals surface area contributed by atoms with Gasteiger partial charge in [-0.25, -0.2) is 9.59 Å². The Kier molecular flexibility index (Phi) is 6.47. The van der Waals surface area contributed by atoms with Crippen LogP contribution in [0.25, 0.3) is 11.3 Å². The molecule has 2 aromatic rings. The van der Waals surface area contributed by atoms with Gasteiger partial charge in [0.25, 0.3) is 0 Å². The lowest BCUT2D eigenvalue weighted by molar-refractivity contribution is 0.0187. The largest absolute Gasteiger partial charge is 0.444 e. The average Bonchev–Trinajstić information content (AvgIpc) is 3.02. The van der Waals surface area contributed by atoms with E-state index in [2.05, 4.69) is 0 Å². The van der Waals surface area contributed by atoms with Gasteiger partial charge in [-0.3, -0.25) is 9.13 Å². The zero-order valence-electron chi connectivity index (χ0n) is 17.5. The van der Waals surface area contributed by atoms with Gasteiger partial charge >= 0.3 is 11.8 Å². The smallest absolute Gasteiger partial charge is 0.410 e. The van der Waals surface area contributed by atoms with Crippen molar-refractivity contribution in [2.24, 2.45) is 0 Å². The third kappa shape index (κ3) is 5.09. The van der Waals surface area contributed by atoms with Crippen molar-refractivity contribution in [1.82, 2.24) is 14.0 Å². The van der Waals surface area contributed by atoms with Gasteiger partial charge in [0.15, 0.2) is 0 Å². The molecule has 3 rings (SSSR count). The van der Waals surface area contributed by atoms with Crippen LogP contribution in [-0.2, 0) is 11.3 Å². The Morgan fingerprint density at radius 3 is 2.41 bits per heavy atom. The molecule has 158 valence electrons. The average molecular weight is 402 g/mol. The molecule has 1 aromatic heterocycles. The van der Waals surface area contributed by atoms with Crippen molar-refractivity contribution in [3.63, 3.8) is 0 Å². The number of hydrogen-bond donors (Lipinski definition) is 1. The number of rotatable bonds is 5. The highest BCUT2D eigenvalue weighted by atomic mass is 16.6. The van der Waals surface area contributed by atoms with Gasteiger partial charge < -0.3 is 14.7 Å². The van der Waals surface area contributed by atoms with Crippen LogP contribution in [0.5, 0.6) is 0 Å². The number of hydrogen-bond acceptors (Lipinski definition) is 4. The number of likely N-dealkylation sites (tertiary alicyclic amines) is 1. The normalized spacial score (nSPS) is 15.5. The minimum atomic E-state index is -0.515. The number of aromatic nitrogens is 2. The molecule has 0 radical (unpaired) electrons. The fourth-order valence-corrected chi connectivity index (χ4v) is 3.70. The predicted molar refractivity (Wildman–Crippen MR) is 112 cm³/mol. The molecule has 1 N–H and O–H groups in total. The number of nitrogens with zero attached hydrogens (tertiary/aromatic N) is 3. The number of carbonyl (C=O) groups is 1. The van der Waals surface area contributed by atoms with Gasteiger partial charge in [0, 0.05) is 38.5 Å². The van der Waals surface area contributed by atoms with Crippen LogP contribution in [0.15, 0.2) is 41.3 Å². The van der Waals surface area contributed by atoms with E-state index < -0.39 is 5.60 Å². The summed E-state index contributed by atoms with van der Waals surface area (Å²) < 4.78 is 9.00. The lowest BCUT2D eigenvalue weighted by atomic mass is 10.1. The second-order valence-corrected chi connectivity index (χ2v) is 8.50. The number of benzene rings is 1. The van der Waals surface area contributed by atoms with Crippen molar-refractivity contribution in [3.05, 3.63) is 47.0 Å². The summed E-state index contributed by atoms with van der Waals surface area (Å²) in [7, 11) is 0. The molecule has 2 heterocycles. The van der Waals surface area contributed by atoms with Gasteiger partial charge in [0.1, 0.15) is 5.60 Å². The van der Waals surface area contributed by atoms with Crippen molar-refractivity contribution < 1.29 is 14.6 Å². The molecule has 1 amide bonds. The monoisotopic (exact) mass is 401 g/mol. The molecule has 0 spiro atoms. The van der Waals surface area contributed by atoms with E-state index in [4.69, 9.17) is 4.74 Å². The van der Waals surface area contributed by atoms with E-state index in [1.54, 1.807) is 14.0 Å². The molecule has 0 unspecified atom stereocenters. The minimum Gasteiger partial charge on any atom is -0.444 e. The van der Waals surface area contributed by atoms with E-state index in [1.165, 1.54) is 0 Å². The van der Waals surface area contributed by atoms with E-state index in [0.717, 1.165) is 11.3 Å². The molecular formula is C22H31N3O4. The Morgan fingerprint density at radius 2 is 1.83 bits per heavy atom. The van der Waals surface area contributed by atoms with Gasteiger partial charge in [-0.1, -0.05) is 30.3 Å². The Hall–Kier alpha value is -2.54. The molecular weight excluding hydrogens is 370 g/mol. The molecule has 0 aliphatic carbocycles. The molecule has 7 nitrogen and oxygen atoms in total. The van der Waals surface area contributed by atoms with Crippen molar-refractivity contribution >= 4 is 6.09 Å². The van der Waals surface area contributed by atoms with Crippen LogP contribution < -0.4 is 5.69 Å². The molecule has 0 saturated carbocycles. The Balaban J connectivity index is 1.79. The van der Waals surface area contributed by atoms with E-state index >= 15 is 0 Å². The quantitative estimate of drug-likeness (QED) is 0.834. The zero-order chi connectivity index (χ0) is 21.0. The summed E-state index contributed by atoms with van der Waals surface area (Å²) in [5.41, 5.74) is 1.26. The maximum absolute atomic E-state index is 13.1. The molecule has 1 aromatic carbocycles. The van der Waals surface area contributed by atoms with Crippen LogP contribution in [0.3, 0.4) is 0 Å². The first-order valence-corrected chi connectivity index (χ1v) is 10.3. The number of amides is 1. The van der Waals surface area contributed by atoms with Gasteiger partial charge in [0.2, 0.25) is 0 Å². The van der Waals surface area contributed by atoms with E-state index in [0.29, 0.717) is 38.9 Å². The van der Waals surface area contributed by atoms with Crippen molar-refractivity contribution in [1.29, 1.82) is 0 Å². The van der Waals surface area contributed by atoms with Crippen molar-refractivity contribution in [2.75, 3.05) is 19.7 Å². The summed E-state index contributed by atoms with van der Waals surface area (Å²) >= 11 is 0. The molecule has 0 bridgehead atoms. The number of piperidine rings is 1. The standard InChI is InChI=1S/C22H31N3O4/c1-22(2,3)29-21(28)23-13-10-18(11-14-23)25-16-19(17-8-5-4-6-9-17)24(20(25)27)12-7-15-26/h4-6,8-9,16,18,26H,7,10-15H2,1-3H3. The predicted octanol–water partition coefficient (Wildman–Crippen LogP) is 3.27. The van der Waals surface area contributed by atoms with Gasteiger partial charge in [-0.15, -0.1) is 0 Å². The van der Waals surface area contributed by atoms with E-state index in [-0.39, 0.29) is 24.4 Å². The molecule has 7 heteroatoms. The summed E-state index contributed by atoms with van der Waals surface area (Å²) in [4.78, 5) is 27.1. The third-order valence-corrected chi connectivity index (χ3v) is 5.12. The number of carbonyl (C=O) groups excluding carboxylic acids is 1. The maximum Gasteiger partial charge on any atom is 0.410 e. The molecule has 1 aliphatic rings. The van der Waals surface area contributed by atoms with Gasteiger partial charge in [0.05, 0.1) is 5.69 Å². The maximum atomic E-state index is 13.1. The van der Waals surface area contributed by atoms with Crippen LogP contribution in [0.1, 0.15) is 46.1 Å². The first kappa shape index (κ1) is 21.2. The summed E-state index contributed by atoms with van der Waals surface area (Å²) in [6.07, 6.45) is 3.56. The number of aliphatic hydroxyl groups excluding tert-OH is 1. The molecule has 0 atom stereocenters. The summed E-state index contributed by atoms with van der Waals surface area (Å²) in [5, 5.41) is 9.23. The Labute approximate surface area is 171 Å². The third-order valence-electron chi connectivity index (χ3n) is 5.12. The van der Waals surface area contributed by atoms with E-state index in [9.17, 15) is 14.7 Å². The zero-order valence-corrected chi connectivity index (χ0v) is 17.5. The Morgan fingerprint density at radius 1 is 1.17 bits per heavy atom. The molecule has 29 heavy (non-hydrogen) atoms. The highest BCUT2D eigenvalue weighted by molar-refractivity contribution is 5.68. The second kappa shape index (κ2) is 8.86. The van der Waals surface area contributed by atoms with Crippen molar-refractivity contribution in [2.45, 2.75) is 58.2 Å². The lowest BCUT2D eigenvalue weighted by Gasteiger charge is -2.33. The first-order chi connectivity index (χ1) is 13.8. The Bertz CT molecular complexity index is 872. The molecule has 1 fully saturated rings. The van der Waals surface area contributed by atoms with Crippen molar-refractivity contribution in [3.8, 4) is 11.3 Å². The van der Waals surface area contributed by atoms with Crippen LogP contribution >= 0.6 is 0 Å². The van der Waals surface area contributed by atoms with Gasteiger partial charge in [-0.05, 0) is 45.6 Å². The first-order valence-electron chi connectivity index (χ1n) is 10.3. The van der Waals surface area contributed by atoms with E-state index in [1.807, 2.05) is 57.3 Å². The highest BCUT2D eigenvalue weighted by Crippen LogP contribution is 2.26. The summed E-state index contributed by atoms with van der Waals surface area (Å²) in [6, 6.07) is 9.86. The number of imidazole rings is 1. The topological polar surface area (TPSA) is 76.7 Å². The number of aliphatic hydroxyl groups is 1. The second-order valence-electron chi connectivity index (χ2n) is 8.50. The minimum absolute atomic E-state index is 0.0408. The molecule has 1 saturated heterocycles. The summed E-state index contributed by atoms with van der Waals surface area (Å²) in [5.74, 6) is 0. The van der Waals surface area contributed by atoms with Crippen LogP contribution in [-0.4, -0.2) is 50.5 Å². The fourth-order valence-electron chi connectivity index (χ4n) is 3.70. The lowest BCUT2D eigenvalue weighted by Crippen LogP contribution is -2.43. The summed E-state index contributed by atoms with van der Waals surface area (Å²) in [6.45, 7) is 7.22. The van der Waals surface area contributed by atoms with Gasteiger partial charge in [-0.2, -0.15) is 0 Å². The molecule has 1 aliphatic heterocycles. The van der Waals surface area contributed by atoms with Crippen LogP contribution in [0.2, 0.25) is 0 Å². The highest BCUT2D eigenvalue weighted by Gasteiger charge is 2.29. The fraction of sp³-hybridized carbons (Fsp3) is 0.545. The SMILES string of the molecule is CC(C)(C)OC(=O)N1CCC(n2cc(-c3ccccc3)n(CCCO)c2=O)CC1. The van der Waals surface area contributed by atoms with Crippen LogP contribution in [0, 0.1) is 0 Å². The van der Waals surface area contributed by atoms with Crippen LogP contribution in [0.4, 0.5) is 4.79 Å². The number of ether oxygens (including phenoxy) is 1.